The highest BCUT2D eigenvalue weighted by Crippen LogP contribution is 2.19. The molecule has 0 aliphatic carbocycles. The van der Waals surface area contributed by atoms with Crippen molar-refractivity contribution in [2.75, 3.05) is 15.4 Å². The fourth-order valence-electron chi connectivity index (χ4n) is 3.13. The molecule has 0 saturated carbocycles. The summed E-state index contributed by atoms with van der Waals surface area (Å²) in [6.45, 7) is 1.70. The Morgan fingerprint density at radius 3 is 2.06 bits per heavy atom. The van der Waals surface area contributed by atoms with Gasteiger partial charge >= 0.3 is 0 Å². The molecule has 3 aromatic carbocycles. The third kappa shape index (κ3) is 5.89. The molecule has 4 rings (SSSR count). The molecule has 0 aliphatic heterocycles. The van der Waals surface area contributed by atoms with Crippen LogP contribution in [-0.4, -0.2) is 35.0 Å². The van der Waals surface area contributed by atoms with Gasteiger partial charge in [0.1, 0.15) is 18.7 Å². The second-order valence-corrected chi connectivity index (χ2v) is 9.25. The monoisotopic (exact) mass is 490 g/mol. The predicted octanol–water partition coefficient (Wildman–Crippen LogP) is 3.53. The highest BCUT2D eigenvalue weighted by atomic mass is 32.2. The van der Waals surface area contributed by atoms with Crippen LogP contribution in [0.15, 0.2) is 96.4 Å². The van der Waals surface area contributed by atoms with E-state index in [1.54, 1.807) is 61.5 Å². The molecule has 0 bridgehead atoms. The van der Waals surface area contributed by atoms with E-state index in [4.69, 9.17) is 0 Å². The molecular weight excluding hydrogens is 468 g/mol. The first-order valence-electron chi connectivity index (χ1n) is 10.6. The highest BCUT2D eigenvalue weighted by molar-refractivity contribution is 7.92. The zero-order valence-corrected chi connectivity index (χ0v) is 19.4. The van der Waals surface area contributed by atoms with Gasteiger partial charge < -0.3 is 10.6 Å². The van der Waals surface area contributed by atoms with Gasteiger partial charge in [0.25, 0.3) is 15.9 Å². The smallest absolute Gasteiger partial charge is 0.261 e. The van der Waals surface area contributed by atoms with E-state index in [-0.39, 0.29) is 10.8 Å². The minimum atomic E-state index is -3.78. The average Bonchev–Trinajstić information content (AvgIpc) is 3.40. The molecule has 2 amide bonds. The van der Waals surface area contributed by atoms with Crippen molar-refractivity contribution in [1.29, 1.82) is 0 Å². The molecule has 35 heavy (non-hydrogen) atoms. The van der Waals surface area contributed by atoms with Gasteiger partial charge in [0.05, 0.1) is 4.90 Å². The maximum atomic E-state index is 12.6. The number of hydrogen-bond acceptors (Lipinski definition) is 6. The summed E-state index contributed by atoms with van der Waals surface area (Å²) >= 11 is 0. The average molecular weight is 491 g/mol. The summed E-state index contributed by atoms with van der Waals surface area (Å²) in [5.41, 5.74) is 1.81. The second-order valence-electron chi connectivity index (χ2n) is 7.57. The zero-order valence-electron chi connectivity index (χ0n) is 18.6. The van der Waals surface area contributed by atoms with Crippen LogP contribution in [0.4, 0.5) is 17.1 Å². The highest BCUT2D eigenvalue weighted by Gasteiger charge is 2.17. The van der Waals surface area contributed by atoms with E-state index in [1.807, 2.05) is 0 Å². The Kier molecular flexibility index (Phi) is 6.88. The van der Waals surface area contributed by atoms with Gasteiger partial charge in [-0.1, -0.05) is 18.2 Å². The lowest BCUT2D eigenvalue weighted by atomic mass is 10.2. The molecule has 1 unspecified atom stereocenters. The van der Waals surface area contributed by atoms with Gasteiger partial charge in [0.15, 0.2) is 0 Å². The van der Waals surface area contributed by atoms with E-state index >= 15 is 0 Å². The normalized spacial score (nSPS) is 11.9. The number of nitrogens with one attached hydrogen (secondary N) is 3. The maximum Gasteiger partial charge on any atom is 0.261 e. The molecule has 1 aromatic heterocycles. The fraction of sp³-hybridized carbons (Fsp3) is 0.0833. The number of para-hydroxylation sites is 1. The van der Waals surface area contributed by atoms with Gasteiger partial charge in [0, 0.05) is 22.6 Å². The SMILES string of the molecule is CC(C(=O)Nc1ccc(NC(=O)c2ccc(S(=O)(=O)Nc3ccccc3)cc2)cc1)n1cncn1. The van der Waals surface area contributed by atoms with Crippen molar-refractivity contribution in [3.8, 4) is 0 Å². The molecule has 178 valence electrons. The summed E-state index contributed by atoms with van der Waals surface area (Å²) in [7, 11) is -3.78. The third-order valence-corrected chi connectivity index (χ3v) is 6.47. The minimum Gasteiger partial charge on any atom is -0.324 e. The molecule has 11 heteroatoms. The van der Waals surface area contributed by atoms with Crippen LogP contribution < -0.4 is 15.4 Å². The van der Waals surface area contributed by atoms with E-state index in [9.17, 15) is 18.0 Å². The first-order valence-corrected chi connectivity index (χ1v) is 12.0. The van der Waals surface area contributed by atoms with Crippen molar-refractivity contribution in [2.45, 2.75) is 17.9 Å². The molecule has 0 aliphatic rings. The fourth-order valence-corrected chi connectivity index (χ4v) is 4.19. The number of anilines is 3. The van der Waals surface area contributed by atoms with Gasteiger partial charge in [-0.15, -0.1) is 0 Å². The Hall–Kier alpha value is -4.51. The molecule has 0 radical (unpaired) electrons. The molecule has 1 atom stereocenters. The van der Waals surface area contributed by atoms with Crippen molar-refractivity contribution in [3.05, 3.63) is 97.1 Å². The van der Waals surface area contributed by atoms with E-state index in [2.05, 4.69) is 25.4 Å². The number of carbonyl (C=O) groups is 2. The number of hydrogen-bond donors (Lipinski definition) is 3. The molecular formula is C24H22N6O4S. The minimum absolute atomic E-state index is 0.0399. The summed E-state index contributed by atoms with van der Waals surface area (Å²) in [4.78, 5) is 28.8. The Bertz CT molecular complexity index is 1410. The van der Waals surface area contributed by atoms with Crippen molar-refractivity contribution < 1.29 is 18.0 Å². The van der Waals surface area contributed by atoms with Crippen molar-refractivity contribution in [3.63, 3.8) is 0 Å². The largest absolute Gasteiger partial charge is 0.324 e. The first kappa shape index (κ1) is 23.6. The first-order chi connectivity index (χ1) is 16.8. The number of sulfonamides is 1. The number of nitrogens with zero attached hydrogens (tertiary/aromatic N) is 3. The molecule has 1 heterocycles. The van der Waals surface area contributed by atoms with Crippen molar-refractivity contribution in [1.82, 2.24) is 14.8 Å². The van der Waals surface area contributed by atoms with Crippen LogP contribution in [0.3, 0.4) is 0 Å². The van der Waals surface area contributed by atoms with Gasteiger partial charge in [0.2, 0.25) is 5.91 Å². The Morgan fingerprint density at radius 2 is 1.46 bits per heavy atom. The molecule has 10 nitrogen and oxygen atoms in total. The number of benzene rings is 3. The molecule has 0 saturated heterocycles. The van der Waals surface area contributed by atoms with Crippen molar-refractivity contribution >= 4 is 38.9 Å². The van der Waals surface area contributed by atoms with Crippen LogP contribution in [-0.2, 0) is 14.8 Å². The third-order valence-electron chi connectivity index (χ3n) is 5.08. The van der Waals surface area contributed by atoms with Gasteiger partial charge in [-0.25, -0.2) is 18.1 Å². The van der Waals surface area contributed by atoms with Crippen LogP contribution >= 0.6 is 0 Å². The lowest BCUT2D eigenvalue weighted by Gasteiger charge is -2.12. The van der Waals surface area contributed by atoms with Crippen molar-refractivity contribution in [2.24, 2.45) is 0 Å². The molecule has 0 spiro atoms. The van der Waals surface area contributed by atoms with Gasteiger partial charge in [-0.05, 0) is 67.6 Å². The number of carbonyl (C=O) groups excluding carboxylic acids is 2. The number of amides is 2. The summed E-state index contributed by atoms with van der Waals surface area (Å²) < 4.78 is 29.0. The van der Waals surface area contributed by atoms with Crippen LogP contribution in [0.25, 0.3) is 0 Å². The van der Waals surface area contributed by atoms with Crippen LogP contribution in [0.1, 0.15) is 23.3 Å². The Balaban J connectivity index is 1.36. The van der Waals surface area contributed by atoms with Crippen LogP contribution in [0.5, 0.6) is 0 Å². The zero-order chi connectivity index (χ0) is 24.8. The van der Waals surface area contributed by atoms with Crippen LogP contribution in [0.2, 0.25) is 0 Å². The molecule has 3 N–H and O–H groups in total. The Morgan fingerprint density at radius 1 is 0.829 bits per heavy atom. The lowest BCUT2D eigenvalue weighted by Crippen LogP contribution is -2.24. The van der Waals surface area contributed by atoms with E-state index in [0.29, 0.717) is 22.6 Å². The second kappa shape index (κ2) is 10.2. The Labute approximate surface area is 202 Å². The van der Waals surface area contributed by atoms with Gasteiger partial charge in [-0.2, -0.15) is 5.10 Å². The maximum absolute atomic E-state index is 12.6. The molecule has 4 aromatic rings. The van der Waals surface area contributed by atoms with E-state index in [1.165, 1.54) is 41.6 Å². The van der Waals surface area contributed by atoms with Crippen LogP contribution in [0, 0.1) is 0 Å². The van der Waals surface area contributed by atoms with E-state index < -0.39 is 22.0 Å². The standard InChI is InChI=1S/C24H22N6O4S/c1-17(30-16-25-15-26-30)23(31)27-19-9-11-20(12-10-19)28-24(32)18-7-13-22(14-8-18)35(33,34)29-21-5-3-2-4-6-21/h2-17,29H,1H3,(H,27,31)(H,28,32). The summed E-state index contributed by atoms with van der Waals surface area (Å²) in [6.07, 6.45) is 2.82. The number of rotatable bonds is 8. The van der Waals surface area contributed by atoms with Gasteiger partial charge in [-0.3, -0.25) is 14.3 Å². The van der Waals surface area contributed by atoms with E-state index in [0.717, 1.165) is 0 Å². The summed E-state index contributed by atoms with van der Waals surface area (Å²) in [6, 6.07) is 20.2. The topological polar surface area (TPSA) is 135 Å². The lowest BCUT2D eigenvalue weighted by molar-refractivity contribution is -0.119. The quantitative estimate of drug-likeness (QED) is 0.346. The summed E-state index contributed by atoms with van der Waals surface area (Å²) in [5, 5.41) is 9.47. The molecule has 0 fully saturated rings. The predicted molar refractivity (Wildman–Crippen MR) is 131 cm³/mol. The number of aromatic nitrogens is 3. The summed E-state index contributed by atoms with van der Waals surface area (Å²) in [5.74, 6) is -0.661.